The number of nitrogens with zero attached hydrogens (tertiary/aromatic N) is 3. The monoisotopic (exact) mass is 495 g/mol. The average Bonchev–Trinajstić information content (AvgIpc) is 3.31. The summed E-state index contributed by atoms with van der Waals surface area (Å²) in [5.74, 6) is 1.62. The van der Waals surface area contributed by atoms with Crippen LogP contribution < -0.4 is 25.6 Å². The van der Waals surface area contributed by atoms with Crippen molar-refractivity contribution in [2.45, 2.75) is 38.1 Å². The molecular weight excluding hydrogens is 464 g/mol. The first-order valence-corrected chi connectivity index (χ1v) is 12.9. The molecule has 0 bridgehead atoms. The van der Waals surface area contributed by atoms with Crippen LogP contribution in [0.25, 0.3) is 0 Å². The summed E-state index contributed by atoms with van der Waals surface area (Å²) in [6.07, 6.45) is 2.81. The molecule has 10 heteroatoms. The Kier molecular flexibility index (Phi) is 8.17. The van der Waals surface area contributed by atoms with Crippen molar-refractivity contribution in [1.82, 2.24) is 15.3 Å². The molecule has 3 aromatic rings. The van der Waals surface area contributed by atoms with Crippen molar-refractivity contribution in [1.29, 1.82) is 0 Å². The molecule has 0 amide bonds. The molecule has 186 valence electrons. The standard InChI is InChI=1S/C25H32N6O3S/c1-4-26-18-12-13-31(16-18)19-10-11-20(22(14-19)34-5-2)29-25-27-15-17(3)24(30-25)28-21-8-6-7-9-23(21)35(32)33/h6-11,14-15,18,26H,4-5,12-13,16H2,1-3H3,(H,32,33)(H2,27,28,29,30)/p-1. The predicted molar refractivity (Wildman–Crippen MR) is 139 cm³/mol. The molecule has 2 heterocycles. The highest BCUT2D eigenvalue weighted by molar-refractivity contribution is 7.79. The Morgan fingerprint density at radius 1 is 1.17 bits per heavy atom. The van der Waals surface area contributed by atoms with E-state index in [1.54, 1.807) is 24.4 Å². The summed E-state index contributed by atoms with van der Waals surface area (Å²) in [6.45, 7) is 9.42. The van der Waals surface area contributed by atoms with Crippen LogP contribution in [0, 0.1) is 6.92 Å². The van der Waals surface area contributed by atoms with E-state index >= 15 is 0 Å². The van der Waals surface area contributed by atoms with Crippen molar-refractivity contribution < 1.29 is 13.5 Å². The topological polar surface area (TPSA) is 114 Å². The molecule has 9 nitrogen and oxygen atoms in total. The molecule has 2 atom stereocenters. The molecule has 1 aliphatic rings. The Hall–Kier alpha value is -3.21. The molecule has 0 spiro atoms. The highest BCUT2D eigenvalue weighted by Crippen LogP contribution is 2.33. The molecule has 1 aromatic heterocycles. The van der Waals surface area contributed by atoms with Crippen molar-refractivity contribution in [2.75, 3.05) is 41.8 Å². The Morgan fingerprint density at radius 2 is 2.00 bits per heavy atom. The van der Waals surface area contributed by atoms with Crippen molar-refractivity contribution in [2.24, 2.45) is 0 Å². The fourth-order valence-corrected chi connectivity index (χ4v) is 4.62. The van der Waals surface area contributed by atoms with Gasteiger partial charge in [0.25, 0.3) is 0 Å². The van der Waals surface area contributed by atoms with E-state index in [-0.39, 0.29) is 4.90 Å². The molecular formula is C25H31N6O3S-. The normalized spacial score (nSPS) is 16.2. The van der Waals surface area contributed by atoms with Gasteiger partial charge in [-0.25, -0.2) is 4.98 Å². The van der Waals surface area contributed by atoms with E-state index in [1.807, 2.05) is 26.0 Å². The van der Waals surface area contributed by atoms with Gasteiger partial charge in [-0.05, 0) is 62.2 Å². The summed E-state index contributed by atoms with van der Waals surface area (Å²) in [5.41, 5.74) is 3.11. The van der Waals surface area contributed by atoms with Crippen LogP contribution in [0.1, 0.15) is 25.8 Å². The zero-order valence-corrected chi connectivity index (χ0v) is 21.0. The Labute approximate surface area is 208 Å². The number of hydrogen-bond donors (Lipinski definition) is 3. The van der Waals surface area contributed by atoms with E-state index in [4.69, 9.17) is 4.74 Å². The summed E-state index contributed by atoms with van der Waals surface area (Å²) in [5, 5.41) is 9.90. The Morgan fingerprint density at radius 3 is 2.77 bits per heavy atom. The average molecular weight is 496 g/mol. The summed E-state index contributed by atoms with van der Waals surface area (Å²) < 4.78 is 29.1. The number of aromatic nitrogens is 2. The molecule has 35 heavy (non-hydrogen) atoms. The number of hydrogen-bond acceptors (Lipinski definition) is 9. The van der Waals surface area contributed by atoms with Gasteiger partial charge in [-0.2, -0.15) is 4.98 Å². The Bertz CT molecular complexity index is 1190. The first-order chi connectivity index (χ1) is 17.0. The van der Waals surface area contributed by atoms with Crippen LogP contribution >= 0.6 is 0 Å². The Balaban J connectivity index is 1.55. The lowest BCUT2D eigenvalue weighted by Crippen LogP contribution is -2.32. The van der Waals surface area contributed by atoms with Gasteiger partial charge < -0.3 is 30.1 Å². The van der Waals surface area contributed by atoms with Crippen molar-refractivity contribution in [3.8, 4) is 5.75 Å². The lowest BCUT2D eigenvalue weighted by atomic mass is 10.2. The minimum atomic E-state index is -2.37. The van der Waals surface area contributed by atoms with Crippen LogP contribution in [0.3, 0.4) is 0 Å². The smallest absolute Gasteiger partial charge is 0.229 e. The molecule has 0 saturated carbocycles. The highest BCUT2D eigenvalue weighted by Gasteiger charge is 2.22. The van der Waals surface area contributed by atoms with Gasteiger partial charge in [-0.1, -0.05) is 19.1 Å². The van der Waals surface area contributed by atoms with E-state index < -0.39 is 11.1 Å². The minimum absolute atomic E-state index is 0.174. The number of ether oxygens (including phenoxy) is 1. The third kappa shape index (κ3) is 6.08. The number of anilines is 5. The van der Waals surface area contributed by atoms with Crippen LogP contribution in [0.5, 0.6) is 5.75 Å². The van der Waals surface area contributed by atoms with Crippen molar-refractivity contribution in [3.63, 3.8) is 0 Å². The van der Waals surface area contributed by atoms with Gasteiger partial charge in [-0.15, -0.1) is 0 Å². The fraction of sp³-hybridized carbons (Fsp3) is 0.360. The molecule has 2 unspecified atom stereocenters. The van der Waals surface area contributed by atoms with E-state index in [0.717, 1.165) is 48.7 Å². The zero-order chi connectivity index (χ0) is 24.8. The quantitative estimate of drug-likeness (QED) is 0.358. The summed E-state index contributed by atoms with van der Waals surface area (Å²) in [6, 6.07) is 13.3. The van der Waals surface area contributed by atoms with Gasteiger partial charge in [-0.3, -0.25) is 4.21 Å². The molecule has 2 aromatic carbocycles. The maximum Gasteiger partial charge on any atom is 0.229 e. The number of likely N-dealkylation sites (N-methyl/N-ethyl adjacent to an activating group) is 1. The molecule has 4 rings (SSSR count). The lowest BCUT2D eigenvalue weighted by molar-refractivity contribution is 0.342. The number of benzene rings is 2. The van der Waals surface area contributed by atoms with Gasteiger partial charge in [0.05, 0.1) is 18.0 Å². The molecule has 0 radical (unpaired) electrons. The molecule has 3 N–H and O–H groups in total. The second-order valence-corrected chi connectivity index (χ2v) is 9.22. The van der Waals surface area contributed by atoms with Crippen LogP contribution in [0.2, 0.25) is 0 Å². The predicted octanol–water partition coefficient (Wildman–Crippen LogP) is 4.10. The largest absolute Gasteiger partial charge is 0.768 e. The van der Waals surface area contributed by atoms with Gasteiger partial charge >= 0.3 is 0 Å². The first kappa shape index (κ1) is 24.9. The van der Waals surface area contributed by atoms with Gasteiger partial charge in [0.15, 0.2) is 0 Å². The molecule has 1 saturated heterocycles. The number of para-hydroxylation sites is 1. The van der Waals surface area contributed by atoms with Gasteiger partial charge in [0.2, 0.25) is 5.95 Å². The maximum absolute atomic E-state index is 11.6. The molecule has 1 fully saturated rings. The molecule has 1 aliphatic heterocycles. The SMILES string of the molecule is CCNC1CCN(c2ccc(Nc3ncc(C)c(Nc4ccccc4S(=O)[O-])n3)c(OCC)c2)C1. The van der Waals surface area contributed by atoms with Gasteiger partial charge in [0, 0.05) is 47.5 Å². The summed E-state index contributed by atoms with van der Waals surface area (Å²) in [7, 11) is 0. The zero-order valence-electron chi connectivity index (χ0n) is 20.2. The third-order valence-electron chi connectivity index (χ3n) is 5.85. The van der Waals surface area contributed by atoms with E-state index in [1.165, 1.54) is 6.07 Å². The van der Waals surface area contributed by atoms with E-state index in [0.29, 0.717) is 30.1 Å². The van der Waals surface area contributed by atoms with E-state index in [9.17, 15) is 8.76 Å². The van der Waals surface area contributed by atoms with Crippen LogP contribution in [0.4, 0.5) is 28.8 Å². The summed E-state index contributed by atoms with van der Waals surface area (Å²) >= 11 is -2.37. The van der Waals surface area contributed by atoms with Crippen LogP contribution in [-0.4, -0.2) is 51.0 Å². The van der Waals surface area contributed by atoms with Crippen LogP contribution in [0.15, 0.2) is 53.6 Å². The number of aryl methyl sites for hydroxylation is 1. The number of nitrogens with one attached hydrogen (secondary N) is 3. The molecule has 0 aliphatic carbocycles. The summed E-state index contributed by atoms with van der Waals surface area (Å²) in [4.78, 5) is 11.5. The second-order valence-electron chi connectivity index (χ2n) is 8.31. The van der Waals surface area contributed by atoms with E-state index in [2.05, 4.69) is 43.8 Å². The third-order valence-corrected chi connectivity index (χ3v) is 6.56. The maximum atomic E-state index is 11.6. The fourth-order valence-electron chi connectivity index (χ4n) is 4.13. The van der Waals surface area contributed by atoms with Crippen LogP contribution in [-0.2, 0) is 11.1 Å². The minimum Gasteiger partial charge on any atom is -0.768 e. The van der Waals surface area contributed by atoms with Crippen molar-refractivity contribution in [3.05, 3.63) is 54.2 Å². The first-order valence-electron chi connectivity index (χ1n) is 11.8. The second kappa shape index (κ2) is 11.5. The number of rotatable bonds is 10. The van der Waals surface area contributed by atoms with Gasteiger partial charge in [0.1, 0.15) is 11.6 Å². The lowest BCUT2D eigenvalue weighted by Gasteiger charge is -2.21. The highest BCUT2D eigenvalue weighted by atomic mass is 32.2. The van der Waals surface area contributed by atoms with Crippen molar-refractivity contribution >= 4 is 39.9 Å².